The quantitative estimate of drug-likeness (QED) is 0.908. The number of amides is 1. The molecule has 0 spiro atoms. The minimum Gasteiger partial charge on any atom is -0.385 e. The summed E-state index contributed by atoms with van der Waals surface area (Å²) in [6.07, 6.45) is 3.45. The molecular weight excluding hydrogens is 270 g/mol. The van der Waals surface area contributed by atoms with E-state index in [0.29, 0.717) is 6.54 Å². The summed E-state index contributed by atoms with van der Waals surface area (Å²) >= 11 is 1.63. The van der Waals surface area contributed by atoms with Gasteiger partial charge in [0.05, 0.1) is 10.9 Å². The van der Waals surface area contributed by atoms with Crippen LogP contribution in [0.4, 0.5) is 5.69 Å². The molecule has 5 heteroatoms. The van der Waals surface area contributed by atoms with Gasteiger partial charge in [-0.1, -0.05) is 18.2 Å². The number of benzene rings is 1. The fraction of sp³-hybridized carbons (Fsp3) is 0.333. The van der Waals surface area contributed by atoms with Crippen LogP contribution in [-0.2, 0) is 11.2 Å². The summed E-state index contributed by atoms with van der Waals surface area (Å²) in [5, 5.41) is 9.39. The lowest BCUT2D eigenvalue weighted by molar-refractivity contribution is -0.122. The third-order valence-corrected chi connectivity index (χ3v) is 4.36. The van der Waals surface area contributed by atoms with Gasteiger partial charge in [0.15, 0.2) is 0 Å². The Kier molecular flexibility index (Phi) is 3.97. The molecule has 1 aromatic heterocycles. The first-order valence-electron chi connectivity index (χ1n) is 6.83. The van der Waals surface area contributed by atoms with Crippen LogP contribution >= 0.6 is 11.3 Å². The highest BCUT2D eigenvalue weighted by molar-refractivity contribution is 7.09. The molecule has 4 nitrogen and oxygen atoms in total. The van der Waals surface area contributed by atoms with Crippen molar-refractivity contribution in [1.29, 1.82) is 0 Å². The number of fused-ring (bicyclic) bond motifs is 1. The molecule has 1 aromatic carbocycles. The molecule has 2 N–H and O–H groups in total. The highest BCUT2D eigenvalue weighted by atomic mass is 32.1. The zero-order chi connectivity index (χ0) is 13.8. The number of thiazole rings is 1. The Balaban J connectivity index is 1.60. The third kappa shape index (κ3) is 2.82. The average Bonchev–Trinajstić information content (AvgIpc) is 3.00. The largest absolute Gasteiger partial charge is 0.385 e. The van der Waals surface area contributed by atoms with Gasteiger partial charge in [-0.25, -0.2) is 4.98 Å². The predicted molar refractivity (Wildman–Crippen MR) is 81.1 cm³/mol. The molecule has 0 radical (unpaired) electrons. The van der Waals surface area contributed by atoms with E-state index in [9.17, 15) is 4.79 Å². The van der Waals surface area contributed by atoms with Crippen molar-refractivity contribution in [1.82, 2.24) is 10.3 Å². The Morgan fingerprint density at radius 1 is 1.45 bits per heavy atom. The molecule has 3 rings (SSSR count). The lowest BCUT2D eigenvalue weighted by Crippen LogP contribution is -2.34. The predicted octanol–water partition coefficient (Wildman–Crippen LogP) is 2.40. The minimum absolute atomic E-state index is 0.0382. The molecule has 0 saturated heterocycles. The molecule has 0 aliphatic carbocycles. The van der Waals surface area contributed by atoms with E-state index in [2.05, 4.69) is 15.6 Å². The zero-order valence-electron chi connectivity index (χ0n) is 11.1. The summed E-state index contributed by atoms with van der Waals surface area (Å²) < 4.78 is 0. The van der Waals surface area contributed by atoms with Crippen LogP contribution in [0.15, 0.2) is 35.8 Å². The fourth-order valence-electron chi connectivity index (χ4n) is 2.53. The van der Waals surface area contributed by atoms with Crippen LogP contribution in [0.5, 0.6) is 0 Å². The Labute approximate surface area is 122 Å². The van der Waals surface area contributed by atoms with Crippen molar-refractivity contribution in [3.05, 3.63) is 46.4 Å². The topological polar surface area (TPSA) is 54.0 Å². The second kappa shape index (κ2) is 6.05. The molecule has 20 heavy (non-hydrogen) atoms. The number of hydrogen-bond donors (Lipinski definition) is 2. The van der Waals surface area contributed by atoms with Crippen molar-refractivity contribution in [2.24, 2.45) is 0 Å². The van der Waals surface area contributed by atoms with Crippen molar-refractivity contribution in [3.8, 4) is 0 Å². The monoisotopic (exact) mass is 287 g/mol. The van der Waals surface area contributed by atoms with Crippen molar-refractivity contribution in [2.75, 3.05) is 18.4 Å². The average molecular weight is 287 g/mol. The molecule has 1 aliphatic rings. The summed E-state index contributed by atoms with van der Waals surface area (Å²) in [4.78, 5) is 16.6. The van der Waals surface area contributed by atoms with Crippen molar-refractivity contribution < 1.29 is 4.79 Å². The number of hydrogen-bond acceptors (Lipinski definition) is 4. The lowest BCUT2D eigenvalue weighted by atomic mass is 9.90. The Morgan fingerprint density at radius 3 is 3.20 bits per heavy atom. The van der Waals surface area contributed by atoms with Gasteiger partial charge in [-0.15, -0.1) is 11.3 Å². The van der Waals surface area contributed by atoms with E-state index in [1.165, 1.54) is 0 Å². The molecule has 0 bridgehead atoms. The van der Waals surface area contributed by atoms with E-state index in [4.69, 9.17) is 0 Å². The molecule has 0 fully saturated rings. The number of nitrogens with zero attached hydrogens (tertiary/aromatic N) is 1. The number of carbonyl (C=O) groups is 1. The molecule has 2 aromatic rings. The zero-order valence-corrected chi connectivity index (χ0v) is 12.0. The first-order valence-corrected chi connectivity index (χ1v) is 7.71. The molecule has 2 heterocycles. The van der Waals surface area contributed by atoms with Crippen LogP contribution in [0.2, 0.25) is 0 Å². The van der Waals surface area contributed by atoms with E-state index in [0.717, 1.165) is 35.6 Å². The summed E-state index contributed by atoms with van der Waals surface area (Å²) in [7, 11) is 0. The Bertz CT molecular complexity index is 583. The van der Waals surface area contributed by atoms with Crippen molar-refractivity contribution in [2.45, 2.75) is 18.8 Å². The van der Waals surface area contributed by atoms with Crippen molar-refractivity contribution in [3.63, 3.8) is 0 Å². The molecule has 1 amide bonds. The molecule has 1 unspecified atom stereocenters. The maximum Gasteiger partial charge on any atom is 0.227 e. The SMILES string of the molecule is O=C(NCCc1nccs1)C1CCNc2ccccc21. The van der Waals surface area contributed by atoms with Crippen LogP contribution in [0.3, 0.4) is 0 Å². The van der Waals surface area contributed by atoms with Crippen LogP contribution in [0, 0.1) is 0 Å². The number of aromatic nitrogens is 1. The molecular formula is C15H17N3OS. The fourth-order valence-corrected chi connectivity index (χ4v) is 3.15. The number of rotatable bonds is 4. The van der Waals surface area contributed by atoms with Gasteiger partial charge in [0.1, 0.15) is 0 Å². The molecule has 1 atom stereocenters. The Morgan fingerprint density at radius 2 is 2.35 bits per heavy atom. The number of carbonyl (C=O) groups excluding carboxylic acids is 1. The van der Waals surface area contributed by atoms with E-state index in [-0.39, 0.29) is 11.8 Å². The minimum atomic E-state index is -0.0382. The van der Waals surface area contributed by atoms with Crippen LogP contribution in [-0.4, -0.2) is 24.0 Å². The van der Waals surface area contributed by atoms with Gasteiger partial charge in [0.2, 0.25) is 5.91 Å². The maximum atomic E-state index is 12.3. The van der Waals surface area contributed by atoms with Gasteiger partial charge in [-0.05, 0) is 18.1 Å². The summed E-state index contributed by atoms with van der Waals surface area (Å²) in [5.74, 6) is 0.0826. The van der Waals surface area contributed by atoms with E-state index in [1.807, 2.05) is 29.6 Å². The summed E-state index contributed by atoms with van der Waals surface area (Å²) in [6.45, 7) is 1.50. The highest BCUT2D eigenvalue weighted by Crippen LogP contribution is 2.31. The van der Waals surface area contributed by atoms with Gasteiger partial charge in [0, 0.05) is 36.8 Å². The van der Waals surface area contributed by atoms with Gasteiger partial charge in [-0.3, -0.25) is 4.79 Å². The molecule has 104 valence electrons. The van der Waals surface area contributed by atoms with E-state index < -0.39 is 0 Å². The second-order valence-corrected chi connectivity index (χ2v) is 5.80. The standard InChI is InChI=1S/C15H17N3OS/c19-15(18-8-6-14-17-9-10-20-14)12-5-7-16-13-4-2-1-3-11(12)13/h1-4,9-10,12,16H,5-8H2,(H,18,19). The van der Waals surface area contributed by atoms with Gasteiger partial charge < -0.3 is 10.6 Å². The lowest BCUT2D eigenvalue weighted by Gasteiger charge is -2.25. The molecule has 1 aliphatic heterocycles. The Hall–Kier alpha value is -1.88. The first kappa shape index (κ1) is 13.1. The number of para-hydroxylation sites is 1. The van der Waals surface area contributed by atoms with E-state index in [1.54, 1.807) is 17.5 Å². The third-order valence-electron chi connectivity index (χ3n) is 3.52. The van der Waals surface area contributed by atoms with Gasteiger partial charge in [-0.2, -0.15) is 0 Å². The van der Waals surface area contributed by atoms with Crippen LogP contribution in [0.25, 0.3) is 0 Å². The van der Waals surface area contributed by atoms with E-state index >= 15 is 0 Å². The van der Waals surface area contributed by atoms with Crippen LogP contribution in [0.1, 0.15) is 22.9 Å². The summed E-state index contributed by atoms with van der Waals surface area (Å²) in [5.41, 5.74) is 2.18. The smallest absolute Gasteiger partial charge is 0.227 e. The normalized spacial score (nSPS) is 17.1. The second-order valence-electron chi connectivity index (χ2n) is 4.82. The first-order chi connectivity index (χ1) is 9.84. The van der Waals surface area contributed by atoms with Gasteiger partial charge in [0.25, 0.3) is 0 Å². The van der Waals surface area contributed by atoms with Crippen LogP contribution < -0.4 is 10.6 Å². The number of anilines is 1. The highest BCUT2D eigenvalue weighted by Gasteiger charge is 2.25. The van der Waals surface area contributed by atoms with Gasteiger partial charge >= 0.3 is 0 Å². The molecule has 0 saturated carbocycles. The number of nitrogens with one attached hydrogen (secondary N) is 2. The summed E-state index contributed by atoms with van der Waals surface area (Å²) in [6, 6.07) is 8.05. The maximum absolute atomic E-state index is 12.3. The van der Waals surface area contributed by atoms with Crippen molar-refractivity contribution >= 4 is 22.9 Å².